The summed E-state index contributed by atoms with van der Waals surface area (Å²) in [6, 6.07) is 26.2. The summed E-state index contributed by atoms with van der Waals surface area (Å²) >= 11 is 6.16. The molecule has 1 fully saturated rings. The summed E-state index contributed by atoms with van der Waals surface area (Å²) in [5, 5.41) is 7.29. The molecule has 3 aromatic rings. The number of likely N-dealkylation sites (tertiary alicyclic amines) is 1. The largest absolute Gasteiger partial charge is 0.388 e. The van der Waals surface area contributed by atoms with Crippen molar-refractivity contribution in [1.82, 2.24) is 4.90 Å². The van der Waals surface area contributed by atoms with Crippen LogP contribution in [0.25, 0.3) is 0 Å². The number of halogens is 1. The van der Waals surface area contributed by atoms with Crippen molar-refractivity contribution in [3.63, 3.8) is 0 Å². The first-order valence-corrected chi connectivity index (χ1v) is 12.6. The van der Waals surface area contributed by atoms with Crippen molar-refractivity contribution in [3.05, 3.63) is 94.5 Å². The van der Waals surface area contributed by atoms with Gasteiger partial charge in [0.25, 0.3) is 0 Å². The van der Waals surface area contributed by atoms with Gasteiger partial charge in [-0.15, -0.1) is 0 Å². The molecule has 33 heavy (non-hydrogen) atoms. The van der Waals surface area contributed by atoms with E-state index in [0.29, 0.717) is 11.8 Å². The van der Waals surface area contributed by atoms with E-state index >= 15 is 0 Å². The van der Waals surface area contributed by atoms with E-state index in [1.807, 2.05) is 26.2 Å². The van der Waals surface area contributed by atoms with Gasteiger partial charge in [-0.3, -0.25) is 0 Å². The molecule has 4 heteroatoms. The van der Waals surface area contributed by atoms with Gasteiger partial charge < -0.3 is 15.5 Å². The topological polar surface area (TPSA) is 27.3 Å². The number of rotatable bonds is 9. The molecule has 0 bridgehead atoms. The fourth-order valence-electron chi connectivity index (χ4n) is 5.06. The van der Waals surface area contributed by atoms with Gasteiger partial charge in [-0.25, -0.2) is 0 Å². The van der Waals surface area contributed by atoms with Gasteiger partial charge in [0.2, 0.25) is 0 Å². The quantitative estimate of drug-likeness (QED) is 0.352. The first kappa shape index (κ1) is 23.7. The lowest BCUT2D eigenvalue weighted by molar-refractivity contribution is 0.208. The third kappa shape index (κ3) is 6.31. The van der Waals surface area contributed by atoms with Crippen LogP contribution in [0.3, 0.4) is 0 Å². The van der Waals surface area contributed by atoms with Gasteiger partial charge in [-0.2, -0.15) is 0 Å². The van der Waals surface area contributed by atoms with E-state index in [-0.39, 0.29) is 0 Å². The van der Waals surface area contributed by atoms with Gasteiger partial charge in [0.05, 0.1) is 0 Å². The molecule has 1 unspecified atom stereocenters. The summed E-state index contributed by atoms with van der Waals surface area (Å²) in [4.78, 5) is 2.65. The molecule has 3 nitrogen and oxygen atoms in total. The van der Waals surface area contributed by atoms with E-state index in [0.717, 1.165) is 17.1 Å². The second-order valence-corrected chi connectivity index (χ2v) is 9.55. The summed E-state index contributed by atoms with van der Waals surface area (Å²) in [5.41, 5.74) is 6.57. The summed E-state index contributed by atoms with van der Waals surface area (Å²) in [7, 11) is 3.96. The van der Waals surface area contributed by atoms with E-state index in [2.05, 4.69) is 76.2 Å². The van der Waals surface area contributed by atoms with Crippen LogP contribution >= 0.6 is 11.6 Å². The molecule has 1 aliphatic rings. The van der Waals surface area contributed by atoms with Crippen molar-refractivity contribution in [2.75, 3.05) is 44.4 Å². The molecule has 0 aromatic heterocycles. The maximum Gasteiger partial charge on any atom is 0.0406 e. The van der Waals surface area contributed by atoms with Crippen LogP contribution in [-0.2, 0) is 0 Å². The van der Waals surface area contributed by atoms with E-state index in [4.69, 9.17) is 11.6 Å². The first-order valence-electron chi connectivity index (χ1n) is 12.2. The highest BCUT2D eigenvalue weighted by Crippen LogP contribution is 2.32. The molecule has 1 saturated heterocycles. The van der Waals surface area contributed by atoms with Crippen molar-refractivity contribution >= 4 is 23.0 Å². The van der Waals surface area contributed by atoms with Gasteiger partial charge in [-0.1, -0.05) is 48.0 Å². The maximum absolute atomic E-state index is 6.16. The molecule has 0 aliphatic carbocycles. The van der Waals surface area contributed by atoms with Crippen LogP contribution in [0.4, 0.5) is 11.4 Å². The highest BCUT2D eigenvalue weighted by Gasteiger charge is 2.21. The average Bonchev–Trinajstić information content (AvgIpc) is 2.88. The standard InChI is InChI=1S/C29H36ClN3/c1-31-27-14-10-24(11-15-27)29(23-8-12-26(30)13-9-23)7-4-18-33-19-16-22(17-20-33)25-5-3-6-28(21-25)32-2/h3,5-6,8-15,21-22,29,31-32H,4,7,16-20H2,1-2H3. The molecule has 1 atom stereocenters. The van der Waals surface area contributed by atoms with Crippen molar-refractivity contribution in [2.45, 2.75) is 37.5 Å². The van der Waals surface area contributed by atoms with Crippen LogP contribution in [0.5, 0.6) is 0 Å². The third-order valence-electron chi connectivity index (χ3n) is 7.08. The van der Waals surface area contributed by atoms with Crippen molar-refractivity contribution in [1.29, 1.82) is 0 Å². The molecule has 174 valence electrons. The van der Waals surface area contributed by atoms with Crippen molar-refractivity contribution in [3.8, 4) is 0 Å². The fourth-order valence-corrected chi connectivity index (χ4v) is 5.19. The van der Waals surface area contributed by atoms with Gasteiger partial charge in [0.15, 0.2) is 0 Å². The van der Waals surface area contributed by atoms with Crippen LogP contribution < -0.4 is 10.6 Å². The first-order chi connectivity index (χ1) is 16.2. The minimum atomic E-state index is 0.398. The van der Waals surface area contributed by atoms with Gasteiger partial charge in [0.1, 0.15) is 0 Å². The molecule has 3 aromatic carbocycles. The molecule has 0 saturated carbocycles. The maximum atomic E-state index is 6.16. The summed E-state index contributed by atoms with van der Waals surface area (Å²) < 4.78 is 0. The number of nitrogens with one attached hydrogen (secondary N) is 2. The zero-order chi connectivity index (χ0) is 23.0. The molecule has 2 N–H and O–H groups in total. The number of piperidine rings is 1. The van der Waals surface area contributed by atoms with Gasteiger partial charge in [-0.05, 0) is 104 Å². The second-order valence-electron chi connectivity index (χ2n) is 9.11. The average molecular weight is 462 g/mol. The molecular formula is C29H36ClN3. The highest BCUT2D eigenvalue weighted by molar-refractivity contribution is 6.30. The minimum absolute atomic E-state index is 0.398. The third-order valence-corrected chi connectivity index (χ3v) is 7.33. The van der Waals surface area contributed by atoms with Crippen LogP contribution in [0.1, 0.15) is 54.2 Å². The lowest BCUT2D eigenvalue weighted by atomic mass is 9.86. The minimum Gasteiger partial charge on any atom is -0.388 e. The van der Waals surface area contributed by atoms with Crippen LogP contribution in [0, 0.1) is 0 Å². The monoisotopic (exact) mass is 461 g/mol. The Morgan fingerprint density at radius 3 is 2.12 bits per heavy atom. The SMILES string of the molecule is CNc1ccc(C(CCCN2CCC(c3cccc(NC)c3)CC2)c2ccc(Cl)cc2)cc1. The van der Waals surface area contributed by atoms with Crippen LogP contribution in [-0.4, -0.2) is 38.6 Å². The molecule has 0 radical (unpaired) electrons. The molecule has 0 amide bonds. The number of anilines is 2. The van der Waals surface area contributed by atoms with E-state index in [9.17, 15) is 0 Å². The van der Waals surface area contributed by atoms with E-state index < -0.39 is 0 Å². The molecular weight excluding hydrogens is 426 g/mol. The Bertz CT molecular complexity index is 992. The Kier molecular flexibility index (Phi) is 8.30. The van der Waals surface area contributed by atoms with E-state index in [1.54, 1.807) is 0 Å². The summed E-state index contributed by atoms with van der Waals surface area (Å²) in [5.74, 6) is 1.08. The zero-order valence-electron chi connectivity index (χ0n) is 19.9. The van der Waals surface area contributed by atoms with Crippen LogP contribution in [0.2, 0.25) is 5.02 Å². The molecule has 0 spiro atoms. The Morgan fingerprint density at radius 2 is 1.48 bits per heavy atom. The van der Waals surface area contributed by atoms with Crippen LogP contribution in [0.15, 0.2) is 72.8 Å². The van der Waals surface area contributed by atoms with Crippen molar-refractivity contribution < 1.29 is 0 Å². The normalized spacial score (nSPS) is 15.8. The smallest absolute Gasteiger partial charge is 0.0406 e. The van der Waals surface area contributed by atoms with Crippen molar-refractivity contribution in [2.24, 2.45) is 0 Å². The highest BCUT2D eigenvalue weighted by atomic mass is 35.5. The number of benzene rings is 3. The summed E-state index contributed by atoms with van der Waals surface area (Å²) in [6.45, 7) is 3.55. The molecule has 1 heterocycles. The molecule has 4 rings (SSSR count). The molecule has 1 aliphatic heterocycles. The van der Waals surface area contributed by atoms with Gasteiger partial charge in [0, 0.05) is 36.4 Å². The number of hydrogen-bond acceptors (Lipinski definition) is 3. The number of hydrogen-bond donors (Lipinski definition) is 2. The zero-order valence-corrected chi connectivity index (χ0v) is 20.6. The fraction of sp³-hybridized carbons (Fsp3) is 0.379. The van der Waals surface area contributed by atoms with E-state index in [1.165, 1.54) is 61.3 Å². The Balaban J connectivity index is 1.34. The lowest BCUT2D eigenvalue weighted by Gasteiger charge is -2.32. The predicted molar refractivity (Wildman–Crippen MR) is 143 cm³/mol. The van der Waals surface area contributed by atoms with Gasteiger partial charge >= 0.3 is 0 Å². The second kappa shape index (κ2) is 11.6. The Morgan fingerprint density at radius 1 is 0.848 bits per heavy atom. The predicted octanol–water partition coefficient (Wildman–Crippen LogP) is 7.22. The summed E-state index contributed by atoms with van der Waals surface area (Å²) in [6.07, 6.45) is 4.84. The Labute approximate surface area is 204 Å². The Hall–Kier alpha value is -2.49. The lowest BCUT2D eigenvalue weighted by Crippen LogP contribution is -2.33. The number of nitrogens with zero attached hydrogens (tertiary/aromatic N) is 1.